The number of piperazine rings is 1. The van der Waals surface area contributed by atoms with E-state index in [0.717, 1.165) is 23.1 Å². The van der Waals surface area contributed by atoms with Crippen molar-refractivity contribution in [1.82, 2.24) is 10.2 Å². The highest BCUT2D eigenvalue weighted by Crippen LogP contribution is 2.39. The van der Waals surface area contributed by atoms with Gasteiger partial charge < -0.3 is 5.32 Å². The fourth-order valence-electron chi connectivity index (χ4n) is 2.27. The van der Waals surface area contributed by atoms with Gasteiger partial charge in [-0.25, -0.2) is 8.78 Å². The topological polar surface area (TPSA) is 15.3 Å². The fourth-order valence-corrected chi connectivity index (χ4v) is 2.27. The van der Waals surface area contributed by atoms with E-state index in [0.29, 0.717) is 13.1 Å². The Kier molecular flexibility index (Phi) is 4.05. The molecule has 0 aromatic heterocycles. The zero-order valence-electron chi connectivity index (χ0n) is 9.97. The Labute approximate surface area is 107 Å². The molecular formula is C12H13F5N2. The molecule has 0 saturated carbocycles. The third-order valence-corrected chi connectivity index (χ3v) is 3.10. The van der Waals surface area contributed by atoms with Crippen molar-refractivity contribution in [3.8, 4) is 0 Å². The van der Waals surface area contributed by atoms with E-state index in [1.54, 1.807) is 0 Å². The fraction of sp³-hybridized carbons (Fsp3) is 0.500. The van der Waals surface area contributed by atoms with Gasteiger partial charge in [0, 0.05) is 31.7 Å². The summed E-state index contributed by atoms with van der Waals surface area (Å²) in [6.07, 6.45) is -4.72. The maximum atomic E-state index is 13.6. The second kappa shape index (κ2) is 5.42. The van der Waals surface area contributed by atoms with Crippen molar-refractivity contribution in [1.29, 1.82) is 0 Å². The predicted molar refractivity (Wildman–Crippen MR) is 59.6 cm³/mol. The van der Waals surface area contributed by atoms with E-state index in [4.69, 9.17) is 0 Å². The van der Waals surface area contributed by atoms with Crippen molar-refractivity contribution < 1.29 is 22.0 Å². The van der Waals surface area contributed by atoms with Crippen LogP contribution in [-0.4, -0.2) is 37.3 Å². The van der Waals surface area contributed by atoms with Gasteiger partial charge in [-0.15, -0.1) is 0 Å². The molecule has 0 spiro atoms. The lowest BCUT2D eigenvalue weighted by molar-refractivity contribution is -0.189. The summed E-state index contributed by atoms with van der Waals surface area (Å²) in [6.45, 7) is 0.918. The number of benzene rings is 1. The highest BCUT2D eigenvalue weighted by atomic mass is 19.4. The van der Waals surface area contributed by atoms with E-state index in [1.807, 2.05) is 0 Å². The van der Waals surface area contributed by atoms with Crippen LogP contribution in [0.3, 0.4) is 0 Å². The van der Waals surface area contributed by atoms with Crippen LogP contribution in [0.4, 0.5) is 22.0 Å². The lowest BCUT2D eigenvalue weighted by atomic mass is 10.0. The molecule has 19 heavy (non-hydrogen) atoms. The molecule has 2 nitrogen and oxygen atoms in total. The number of nitrogens with zero attached hydrogens (tertiary/aromatic N) is 1. The van der Waals surface area contributed by atoms with Gasteiger partial charge in [0.05, 0.1) is 0 Å². The number of hydrogen-bond acceptors (Lipinski definition) is 2. The van der Waals surface area contributed by atoms with E-state index >= 15 is 0 Å². The summed E-state index contributed by atoms with van der Waals surface area (Å²) in [5.74, 6) is -2.33. The van der Waals surface area contributed by atoms with Gasteiger partial charge in [0.25, 0.3) is 0 Å². The maximum Gasteiger partial charge on any atom is 0.408 e. The Bertz CT molecular complexity index is 420. The second-order valence-corrected chi connectivity index (χ2v) is 4.37. The average Bonchev–Trinajstić information content (AvgIpc) is 2.33. The maximum absolute atomic E-state index is 13.6. The highest BCUT2D eigenvalue weighted by Gasteiger charge is 2.47. The van der Waals surface area contributed by atoms with E-state index in [1.165, 1.54) is 0 Å². The summed E-state index contributed by atoms with van der Waals surface area (Å²) < 4.78 is 66.7. The zero-order valence-corrected chi connectivity index (χ0v) is 9.97. The van der Waals surface area contributed by atoms with Crippen molar-refractivity contribution in [2.75, 3.05) is 26.2 Å². The van der Waals surface area contributed by atoms with Gasteiger partial charge in [-0.1, -0.05) is 6.07 Å². The summed E-state index contributed by atoms with van der Waals surface area (Å²) in [5.41, 5.74) is -0.920. The summed E-state index contributed by atoms with van der Waals surface area (Å²) >= 11 is 0. The third-order valence-electron chi connectivity index (χ3n) is 3.10. The molecule has 1 heterocycles. The van der Waals surface area contributed by atoms with E-state index in [9.17, 15) is 22.0 Å². The normalized spacial score (nSPS) is 19.4. The molecule has 1 N–H and O–H groups in total. The third kappa shape index (κ3) is 3.03. The van der Waals surface area contributed by atoms with Crippen molar-refractivity contribution >= 4 is 0 Å². The first-order valence-electron chi connectivity index (χ1n) is 5.86. The average molecular weight is 280 g/mol. The van der Waals surface area contributed by atoms with Crippen molar-refractivity contribution in [2.24, 2.45) is 0 Å². The monoisotopic (exact) mass is 280 g/mol. The second-order valence-electron chi connectivity index (χ2n) is 4.37. The zero-order chi connectivity index (χ0) is 14.0. The molecule has 1 atom stereocenters. The van der Waals surface area contributed by atoms with Gasteiger partial charge in [0.2, 0.25) is 0 Å². The van der Waals surface area contributed by atoms with Gasteiger partial charge in [-0.2, -0.15) is 13.2 Å². The van der Waals surface area contributed by atoms with Crippen LogP contribution in [0.25, 0.3) is 0 Å². The Balaban J connectivity index is 2.43. The number of halogens is 5. The SMILES string of the molecule is Fc1cccc(F)c1[C@@H](N1CCNCC1)C(F)(F)F. The first-order valence-corrected chi connectivity index (χ1v) is 5.86. The number of rotatable bonds is 2. The van der Waals surface area contributed by atoms with Crippen LogP contribution in [0, 0.1) is 11.6 Å². The van der Waals surface area contributed by atoms with Crippen LogP contribution in [-0.2, 0) is 0 Å². The molecular weight excluding hydrogens is 267 g/mol. The highest BCUT2D eigenvalue weighted by molar-refractivity contribution is 5.25. The van der Waals surface area contributed by atoms with Gasteiger partial charge in [-0.05, 0) is 12.1 Å². The Morgan fingerprint density at radius 3 is 2.05 bits per heavy atom. The van der Waals surface area contributed by atoms with Gasteiger partial charge in [-0.3, -0.25) is 4.90 Å². The van der Waals surface area contributed by atoms with Crippen LogP contribution in [0.5, 0.6) is 0 Å². The summed E-state index contributed by atoms with van der Waals surface area (Å²) in [4.78, 5) is 1.05. The molecule has 1 aromatic carbocycles. The molecule has 0 aliphatic carbocycles. The van der Waals surface area contributed by atoms with E-state index in [2.05, 4.69) is 5.32 Å². The molecule has 0 radical (unpaired) electrons. The molecule has 1 aliphatic rings. The Morgan fingerprint density at radius 2 is 1.58 bits per heavy atom. The molecule has 7 heteroatoms. The molecule has 106 valence electrons. The van der Waals surface area contributed by atoms with Crippen molar-refractivity contribution in [2.45, 2.75) is 12.2 Å². The van der Waals surface area contributed by atoms with Crippen LogP contribution in [0.1, 0.15) is 11.6 Å². The first-order chi connectivity index (χ1) is 8.91. The van der Waals surface area contributed by atoms with Gasteiger partial charge in [0.15, 0.2) is 0 Å². The molecule has 0 bridgehead atoms. The summed E-state index contributed by atoms with van der Waals surface area (Å²) in [6, 6.07) is 0.508. The quantitative estimate of drug-likeness (QED) is 0.837. The first kappa shape index (κ1) is 14.2. The summed E-state index contributed by atoms with van der Waals surface area (Å²) in [7, 11) is 0. The summed E-state index contributed by atoms with van der Waals surface area (Å²) in [5, 5.41) is 2.91. The molecule has 1 aromatic rings. The molecule has 0 amide bonds. The predicted octanol–water partition coefficient (Wildman–Crippen LogP) is 2.47. The van der Waals surface area contributed by atoms with Gasteiger partial charge >= 0.3 is 6.18 Å². The molecule has 0 unspecified atom stereocenters. The van der Waals surface area contributed by atoms with E-state index in [-0.39, 0.29) is 13.1 Å². The Morgan fingerprint density at radius 1 is 1.05 bits per heavy atom. The smallest absolute Gasteiger partial charge is 0.314 e. The number of hydrogen-bond donors (Lipinski definition) is 1. The molecule has 1 aliphatic heterocycles. The largest absolute Gasteiger partial charge is 0.408 e. The lowest BCUT2D eigenvalue weighted by Crippen LogP contribution is -2.49. The minimum atomic E-state index is -4.72. The van der Waals surface area contributed by atoms with Crippen molar-refractivity contribution in [3.05, 3.63) is 35.4 Å². The van der Waals surface area contributed by atoms with Crippen molar-refractivity contribution in [3.63, 3.8) is 0 Å². The van der Waals surface area contributed by atoms with Crippen LogP contribution >= 0.6 is 0 Å². The Hall–Kier alpha value is -1.21. The van der Waals surface area contributed by atoms with E-state index < -0.39 is 29.4 Å². The standard InChI is InChI=1S/C12H13F5N2/c13-8-2-1-3-9(14)10(8)11(12(15,16)17)19-6-4-18-5-7-19/h1-3,11,18H,4-7H2/t11-/m1/s1. The molecule has 2 rings (SSSR count). The van der Waals surface area contributed by atoms with Crippen LogP contribution in [0.15, 0.2) is 18.2 Å². The van der Waals surface area contributed by atoms with Crippen LogP contribution < -0.4 is 5.32 Å². The number of alkyl halides is 3. The molecule has 1 saturated heterocycles. The molecule has 1 fully saturated rings. The number of nitrogens with one attached hydrogen (secondary N) is 1. The lowest BCUT2D eigenvalue weighted by Gasteiger charge is -2.36. The van der Waals surface area contributed by atoms with Crippen LogP contribution in [0.2, 0.25) is 0 Å². The van der Waals surface area contributed by atoms with Gasteiger partial charge in [0.1, 0.15) is 17.7 Å². The minimum absolute atomic E-state index is 0.0952. The minimum Gasteiger partial charge on any atom is -0.314 e.